The molecule has 4 rings (SSSR count). The van der Waals surface area contributed by atoms with Crippen LogP contribution in [-0.2, 0) is 6.54 Å². The number of carbonyl (C=O) groups excluding carboxylic acids is 1. The first kappa shape index (κ1) is 17.1. The monoisotopic (exact) mass is 378 g/mol. The van der Waals surface area contributed by atoms with Crippen LogP contribution in [0.15, 0.2) is 72.8 Å². The first-order valence-corrected chi connectivity index (χ1v) is 8.68. The first-order valence-electron chi connectivity index (χ1n) is 8.30. The molecule has 0 saturated carbocycles. The standard InChI is InChI=1S/C20H15ClN4O2/c21-15-6-4-5-14(11-15)13-22-20(26)25-19-10-9-17(12-18(19)23-24-25)27-16-7-2-1-3-8-16/h1-12H,13H2,(H,22,26). The van der Waals surface area contributed by atoms with Gasteiger partial charge in [0.2, 0.25) is 0 Å². The maximum Gasteiger partial charge on any atom is 0.344 e. The average molecular weight is 379 g/mol. The van der Waals surface area contributed by atoms with Crippen molar-refractivity contribution in [3.8, 4) is 11.5 Å². The number of para-hydroxylation sites is 1. The van der Waals surface area contributed by atoms with Crippen LogP contribution in [-0.4, -0.2) is 21.0 Å². The number of ether oxygens (including phenoxy) is 1. The Hall–Kier alpha value is -3.38. The van der Waals surface area contributed by atoms with Gasteiger partial charge >= 0.3 is 6.03 Å². The number of fused-ring (bicyclic) bond motifs is 1. The molecule has 0 aliphatic heterocycles. The van der Waals surface area contributed by atoms with Crippen LogP contribution in [0.1, 0.15) is 5.56 Å². The third-order valence-corrected chi connectivity index (χ3v) is 4.16. The van der Waals surface area contributed by atoms with Crippen molar-refractivity contribution in [1.82, 2.24) is 20.3 Å². The number of nitrogens with zero attached hydrogens (tertiary/aromatic N) is 3. The minimum atomic E-state index is -0.366. The van der Waals surface area contributed by atoms with Gasteiger partial charge < -0.3 is 10.1 Å². The zero-order valence-corrected chi connectivity index (χ0v) is 14.9. The summed E-state index contributed by atoms with van der Waals surface area (Å²) in [6.07, 6.45) is 0. The number of hydrogen-bond donors (Lipinski definition) is 1. The number of hydrogen-bond acceptors (Lipinski definition) is 4. The zero-order chi connectivity index (χ0) is 18.6. The molecule has 1 aromatic heterocycles. The van der Waals surface area contributed by atoms with Crippen LogP contribution >= 0.6 is 11.6 Å². The average Bonchev–Trinajstić information content (AvgIpc) is 3.10. The molecule has 0 atom stereocenters. The summed E-state index contributed by atoms with van der Waals surface area (Å²) in [5, 5.41) is 11.4. The number of rotatable bonds is 4. The van der Waals surface area contributed by atoms with Crippen molar-refractivity contribution in [3.63, 3.8) is 0 Å². The van der Waals surface area contributed by atoms with Crippen LogP contribution in [0, 0.1) is 0 Å². The van der Waals surface area contributed by atoms with E-state index in [-0.39, 0.29) is 6.03 Å². The quantitative estimate of drug-likeness (QED) is 0.562. The van der Waals surface area contributed by atoms with Gasteiger partial charge in [-0.1, -0.05) is 47.1 Å². The maximum atomic E-state index is 12.4. The molecule has 0 radical (unpaired) electrons. The van der Waals surface area contributed by atoms with Crippen LogP contribution in [0.3, 0.4) is 0 Å². The second kappa shape index (κ2) is 7.47. The van der Waals surface area contributed by atoms with Gasteiger partial charge in [-0.25, -0.2) is 4.79 Å². The van der Waals surface area contributed by atoms with Gasteiger partial charge in [0.15, 0.2) is 0 Å². The summed E-state index contributed by atoms with van der Waals surface area (Å²) in [5.74, 6) is 1.35. The second-order valence-electron chi connectivity index (χ2n) is 5.86. The molecule has 7 heteroatoms. The van der Waals surface area contributed by atoms with E-state index < -0.39 is 0 Å². The van der Waals surface area contributed by atoms with E-state index in [4.69, 9.17) is 16.3 Å². The first-order chi connectivity index (χ1) is 13.2. The van der Waals surface area contributed by atoms with Crippen molar-refractivity contribution >= 4 is 28.7 Å². The lowest BCUT2D eigenvalue weighted by Gasteiger charge is -2.07. The summed E-state index contributed by atoms with van der Waals surface area (Å²) in [7, 11) is 0. The smallest absolute Gasteiger partial charge is 0.344 e. The van der Waals surface area contributed by atoms with E-state index in [1.807, 2.05) is 42.5 Å². The molecule has 0 spiro atoms. The molecule has 0 saturated heterocycles. The molecular formula is C20H15ClN4O2. The molecule has 0 fully saturated rings. The number of carbonyl (C=O) groups is 1. The highest BCUT2D eigenvalue weighted by atomic mass is 35.5. The Morgan fingerprint density at radius 3 is 2.67 bits per heavy atom. The van der Waals surface area contributed by atoms with Crippen molar-refractivity contribution in [3.05, 3.63) is 83.4 Å². The van der Waals surface area contributed by atoms with E-state index in [1.54, 1.807) is 30.3 Å². The fourth-order valence-corrected chi connectivity index (χ4v) is 2.85. The number of benzene rings is 3. The highest BCUT2D eigenvalue weighted by Crippen LogP contribution is 2.24. The number of halogens is 1. The Labute approximate surface area is 160 Å². The Balaban J connectivity index is 1.50. The molecule has 0 aliphatic carbocycles. The van der Waals surface area contributed by atoms with Crippen LogP contribution in [0.25, 0.3) is 11.0 Å². The summed E-state index contributed by atoms with van der Waals surface area (Å²) < 4.78 is 7.01. The molecule has 1 heterocycles. The summed E-state index contributed by atoms with van der Waals surface area (Å²) >= 11 is 5.96. The van der Waals surface area contributed by atoms with Gasteiger partial charge in [0, 0.05) is 17.6 Å². The van der Waals surface area contributed by atoms with Crippen molar-refractivity contribution in [2.45, 2.75) is 6.54 Å². The molecule has 0 bridgehead atoms. The van der Waals surface area contributed by atoms with Gasteiger partial charge in [-0.15, -0.1) is 5.10 Å². The molecule has 3 aromatic carbocycles. The topological polar surface area (TPSA) is 69.0 Å². The van der Waals surface area contributed by atoms with E-state index in [0.717, 1.165) is 11.3 Å². The molecule has 6 nitrogen and oxygen atoms in total. The van der Waals surface area contributed by atoms with E-state index >= 15 is 0 Å². The maximum absolute atomic E-state index is 12.4. The predicted octanol–water partition coefficient (Wildman–Crippen LogP) is 4.63. The van der Waals surface area contributed by atoms with Crippen LogP contribution in [0.4, 0.5) is 4.79 Å². The molecule has 4 aromatic rings. The van der Waals surface area contributed by atoms with E-state index in [0.29, 0.717) is 28.4 Å². The number of amides is 1. The van der Waals surface area contributed by atoms with Gasteiger partial charge in [0.1, 0.15) is 17.0 Å². The highest BCUT2D eigenvalue weighted by Gasteiger charge is 2.12. The predicted molar refractivity (Wildman–Crippen MR) is 103 cm³/mol. The van der Waals surface area contributed by atoms with Crippen molar-refractivity contribution in [2.24, 2.45) is 0 Å². The Bertz CT molecular complexity index is 1100. The van der Waals surface area contributed by atoms with Gasteiger partial charge in [-0.3, -0.25) is 0 Å². The van der Waals surface area contributed by atoms with Crippen molar-refractivity contribution in [2.75, 3.05) is 0 Å². The summed E-state index contributed by atoms with van der Waals surface area (Å²) in [6.45, 7) is 0.343. The van der Waals surface area contributed by atoms with Gasteiger partial charge in [-0.05, 0) is 42.0 Å². The molecule has 0 aliphatic rings. The minimum Gasteiger partial charge on any atom is -0.457 e. The molecule has 134 valence electrons. The largest absolute Gasteiger partial charge is 0.457 e. The Kier molecular flexibility index (Phi) is 4.72. The van der Waals surface area contributed by atoms with E-state index in [9.17, 15) is 4.79 Å². The summed E-state index contributed by atoms with van der Waals surface area (Å²) in [6, 6.07) is 21.7. The summed E-state index contributed by atoms with van der Waals surface area (Å²) in [5.41, 5.74) is 2.07. The minimum absolute atomic E-state index is 0.343. The Morgan fingerprint density at radius 1 is 1.00 bits per heavy atom. The van der Waals surface area contributed by atoms with Gasteiger partial charge in [0.25, 0.3) is 0 Å². The van der Waals surface area contributed by atoms with Crippen LogP contribution < -0.4 is 10.1 Å². The number of nitrogens with one attached hydrogen (secondary N) is 1. The van der Waals surface area contributed by atoms with E-state index in [1.165, 1.54) is 4.68 Å². The SMILES string of the molecule is O=C(NCc1cccc(Cl)c1)n1nnc2cc(Oc3ccccc3)ccc21. The van der Waals surface area contributed by atoms with Crippen molar-refractivity contribution in [1.29, 1.82) is 0 Å². The lowest BCUT2D eigenvalue weighted by Crippen LogP contribution is -2.28. The molecule has 1 N–H and O–H groups in total. The fraction of sp³-hybridized carbons (Fsp3) is 0.0500. The van der Waals surface area contributed by atoms with Gasteiger partial charge in [-0.2, -0.15) is 4.68 Å². The number of aromatic nitrogens is 3. The lowest BCUT2D eigenvalue weighted by atomic mass is 10.2. The molecule has 27 heavy (non-hydrogen) atoms. The summed E-state index contributed by atoms with van der Waals surface area (Å²) in [4.78, 5) is 12.4. The van der Waals surface area contributed by atoms with E-state index in [2.05, 4.69) is 15.6 Å². The van der Waals surface area contributed by atoms with Crippen LogP contribution in [0.2, 0.25) is 5.02 Å². The van der Waals surface area contributed by atoms with Crippen molar-refractivity contribution < 1.29 is 9.53 Å². The lowest BCUT2D eigenvalue weighted by molar-refractivity contribution is 0.239. The Morgan fingerprint density at radius 2 is 1.85 bits per heavy atom. The highest BCUT2D eigenvalue weighted by molar-refractivity contribution is 6.30. The molecule has 1 amide bonds. The fourth-order valence-electron chi connectivity index (χ4n) is 2.64. The molecular weight excluding hydrogens is 364 g/mol. The zero-order valence-electron chi connectivity index (χ0n) is 14.2. The second-order valence-corrected chi connectivity index (χ2v) is 6.29. The van der Waals surface area contributed by atoms with Gasteiger partial charge in [0.05, 0.1) is 5.52 Å². The third kappa shape index (κ3) is 3.91. The third-order valence-electron chi connectivity index (χ3n) is 3.92. The molecule has 0 unspecified atom stereocenters. The normalized spacial score (nSPS) is 10.7. The van der Waals surface area contributed by atoms with Crippen LogP contribution in [0.5, 0.6) is 11.5 Å².